The van der Waals surface area contributed by atoms with Crippen LogP contribution in [-0.4, -0.2) is 325 Å². The molecule has 49 heteroatoms. The minimum atomic E-state index is -1.73. The second-order valence-electron chi connectivity index (χ2n) is 29.3. The molecule has 2 saturated heterocycles. The summed E-state index contributed by atoms with van der Waals surface area (Å²) in [6.45, 7) is -1.64. The van der Waals surface area contributed by atoms with E-state index in [0.717, 1.165) is 0 Å². The number of carbonyl (C=O) groups is 15. The topological polar surface area (TPSA) is 693 Å². The third kappa shape index (κ3) is 29.9. The van der Waals surface area contributed by atoms with Gasteiger partial charge in [0.05, 0.1) is 122 Å². The molecule has 662 valence electrons. The Balaban J connectivity index is 0.0000174. The van der Waals surface area contributed by atoms with E-state index >= 15 is 4.79 Å². The minimum absolute atomic E-state index is 0. The molecule has 0 bridgehead atoms. The molecule has 0 unspecified atom stereocenters. The number of anilines is 1. The molecular formula is C75H94N29O19Tb. The maximum absolute atomic E-state index is 15.1. The van der Waals surface area contributed by atoms with Gasteiger partial charge in [-0.15, -0.1) is 0 Å². The van der Waals surface area contributed by atoms with E-state index in [-0.39, 0.29) is 183 Å². The Labute approximate surface area is 735 Å². The van der Waals surface area contributed by atoms with E-state index in [1.54, 1.807) is 24.0 Å². The van der Waals surface area contributed by atoms with Crippen molar-refractivity contribution in [1.82, 2.24) is 137 Å². The molecule has 48 nitrogen and oxygen atoms in total. The molecule has 2 aliphatic rings. The number of carboxylic acids is 3. The third-order valence-electron chi connectivity index (χ3n) is 20.0. The number of imidazole rings is 6. The molecule has 124 heavy (non-hydrogen) atoms. The number of aryl methyl sites for hydroxylation is 1. The second-order valence-corrected chi connectivity index (χ2v) is 29.3. The molecule has 12 amide bonds. The monoisotopic (exact) mass is 1860 g/mol. The van der Waals surface area contributed by atoms with Gasteiger partial charge in [-0.2, -0.15) is 0 Å². The number of benzene rings is 1. The number of aromatic amines is 7. The standard InChI is InChI=1S/C75H97N29O19.Tb/c1-42-15-61(106)92-51-16-43(4-5-50(42)51)91-62(107)23-57(68(116)83-30-60(76)105)98-72(120)55(20-47-27-80-39-88-47)97-71(119)54(19-46-26-79-38-87-46)95-69(117)52(17-44-24-77-36-85-44)93-63(108)31-84-74(122)59-3-2-6-104(59)75(123)58(22-49-29-82-41-90-49)99-73(121)56(21-48-28-81-40-89-48)96-70(118)53(18-45-25-78-37-86-45)94-64(109)32-100-7-9-101(33-65(110)111)11-13-103(35-67(114)115)14-12-102(10-8-100)34-66(112)113;/h4-5,15-16,24-29,36-41,52-59H,2-3,6-14,17-23,30-35H2,1H3,(H2,76,105)(H,77,85)(H,78,86)(H,79,87)(H,80,88)(H,81,89)(H,82,90)(H,83,116)(H,84,122)(H,91,107)(H,92,106)(H,93,108)(H,94,109)(H,95,117)(H,96,118)(H,97,119)(H,98,120)(H,99,121)(H,110,111)(H,112,113)(H,114,115);/q;+3/p-3/t52-,53-,54-,55-,56-,57-,58-,59-;/m0./s1. The van der Waals surface area contributed by atoms with Crippen LogP contribution >= 0.6 is 0 Å². The van der Waals surface area contributed by atoms with Crippen molar-refractivity contribution in [3.63, 3.8) is 0 Å². The fourth-order valence-electron chi connectivity index (χ4n) is 13.9. The number of hydrogen-bond acceptors (Lipinski definition) is 29. The van der Waals surface area contributed by atoms with Crippen LogP contribution in [0.15, 0.2) is 104 Å². The molecule has 8 aromatic rings. The van der Waals surface area contributed by atoms with Crippen LogP contribution in [0.3, 0.4) is 0 Å². The number of amides is 12. The first-order chi connectivity index (χ1) is 59.0. The number of aromatic nitrogens is 13. The molecule has 19 N–H and O–H groups in total. The van der Waals surface area contributed by atoms with Gasteiger partial charge in [0.2, 0.25) is 76.4 Å². The normalized spacial score (nSPS) is 16.0. The molecule has 0 saturated carbocycles. The number of H-pyrrole nitrogens is 7. The second kappa shape index (κ2) is 46.8. The van der Waals surface area contributed by atoms with Crippen molar-refractivity contribution in [2.75, 3.05) is 103 Å². The molecular weight excluding hydrogens is 1770 g/mol. The summed E-state index contributed by atoms with van der Waals surface area (Å²) in [5.41, 5.74) is 7.70. The van der Waals surface area contributed by atoms with Crippen LogP contribution in [0.25, 0.3) is 10.9 Å². The minimum Gasteiger partial charge on any atom is -0.549 e. The number of carboxylic acid groups (broad SMARTS) is 3. The first kappa shape index (κ1) is 94.7. The molecule has 1 aromatic carbocycles. The van der Waals surface area contributed by atoms with Gasteiger partial charge in [-0.05, 0) is 37.5 Å². The van der Waals surface area contributed by atoms with Gasteiger partial charge in [0.1, 0.15) is 48.3 Å². The van der Waals surface area contributed by atoms with Crippen molar-refractivity contribution in [2.45, 2.75) is 113 Å². The van der Waals surface area contributed by atoms with E-state index in [2.05, 4.69) is 118 Å². The Morgan fingerprint density at radius 2 is 0.798 bits per heavy atom. The van der Waals surface area contributed by atoms with Crippen LogP contribution < -0.4 is 79.8 Å². The summed E-state index contributed by atoms with van der Waals surface area (Å²) >= 11 is 0. The maximum Gasteiger partial charge on any atom is 3.00 e. The van der Waals surface area contributed by atoms with Gasteiger partial charge in [0.25, 0.3) is 0 Å². The smallest absolute Gasteiger partial charge is 0.549 e. The SMILES string of the molecule is Cc1cc(=O)[nH]c2cc(NC(=O)C[C@H](NC(=O)[C@H](Cc3c[nH]cn3)NC(=O)[C@H](Cc3c[nH]cn3)NC(=O)[C@H](Cc3c[nH]cn3)NC(=O)CNC(=O)[C@@H]3CCCN3C(=O)[C@H](Cc3c[nH]cn3)NC(=O)[C@H](Cc3c[nH]cn3)NC(=O)[C@H](Cc3c[nH]cn3)NC(=O)CN3CCN(CC(=O)[O-])CCN(CC(=O)[O-])CCN(CC(=O)[O-])CC3)C(=O)NCC(N)=O)ccc12.[Tb+3]. The molecule has 0 spiro atoms. The van der Waals surface area contributed by atoms with Gasteiger partial charge in [0, 0.05) is 171 Å². The number of hydrogen-bond donors (Lipinski definition) is 18. The van der Waals surface area contributed by atoms with E-state index in [9.17, 15) is 87.2 Å². The summed E-state index contributed by atoms with van der Waals surface area (Å²) < 4.78 is 0. The average molecular weight is 1860 g/mol. The van der Waals surface area contributed by atoms with Crippen molar-refractivity contribution >= 4 is 105 Å². The van der Waals surface area contributed by atoms with Crippen LogP contribution in [-0.2, 0) is 110 Å². The van der Waals surface area contributed by atoms with Crippen molar-refractivity contribution in [2.24, 2.45) is 5.73 Å². The van der Waals surface area contributed by atoms with E-state index in [4.69, 9.17) is 5.73 Å². The van der Waals surface area contributed by atoms with Gasteiger partial charge in [-0.3, -0.25) is 81.9 Å². The predicted molar refractivity (Wildman–Crippen MR) is 421 cm³/mol. The number of fused-ring (bicyclic) bond motifs is 1. The number of nitrogens with two attached hydrogens (primary N) is 1. The van der Waals surface area contributed by atoms with Gasteiger partial charge < -0.3 is 128 Å². The number of nitrogens with zero attached hydrogens (tertiary/aromatic N) is 11. The van der Waals surface area contributed by atoms with E-state index in [1.807, 2.05) is 0 Å². The quantitative estimate of drug-likeness (QED) is 0.0169. The Kier molecular flexibility index (Phi) is 35.7. The van der Waals surface area contributed by atoms with Crippen LogP contribution in [0.5, 0.6) is 0 Å². The molecule has 2 aliphatic heterocycles. The summed E-state index contributed by atoms with van der Waals surface area (Å²) in [7, 11) is 0. The van der Waals surface area contributed by atoms with Crippen molar-refractivity contribution in [3.8, 4) is 0 Å². The van der Waals surface area contributed by atoms with Gasteiger partial charge in [-0.25, -0.2) is 29.9 Å². The number of rotatable bonds is 42. The van der Waals surface area contributed by atoms with E-state index < -0.39 is 188 Å². The van der Waals surface area contributed by atoms with Crippen LogP contribution in [0.2, 0.25) is 0 Å². The number of nitrogens with one attached hydrogen (secondary N) is 17. The first-order valence-corrected chi connectivity index (χ1v) is 39.1. The van der Waals surface area contributed by atoms with Crippen LogP contribution in [0.1, 0.15) is 59.0 Å². The summed E-state index contributed by atoms with van der Waals surface area (Å²) in [5, 5.41) is 62.0. The number of primary amides is 1. The Morgan fingerprint density at radius 3 is 1.18 bits per heavy atom. The Hall–Kier alpha value is -13.1. The molecule has 7 aromatic heterocycles. The molecule has 0 aliphatic carbocycles. The van der Waals surface area contributed by atoms with Crippen molar-refractivity contribution in [3.05, 3.63) is 149 Å². The number of aliphatic carboxylic acids is 3. The summed E-state index contributed by atoms with van der Waals surface area (Å²) in [6, 6.07) is -6.22. The molecule has 10 rings (SSSR count). The van der Waals surface area contributed by atoms with Crippen LogP contribution in [0, 0.1) is 45.5 Å². The first-order valence-electron chi connectivity index (χ1n) is 39.1. The Bertz CT molecular complexity index is 4980. The average Bonchev–Trinajstić information content (AvgIpc) is 1.59. The fourth-order valence-corrected chi connectivity index (χ4v) is 13.9. The summed E-state index contributed by atoms with van der Waals surface area (Å²) in [6.07, 6.45) is 14.3. The molecule has 8 atom stereocenters. The number of carbonyl (C=O) groups excluding carboxylic acids is 15. The fraction of sp³-hybridized carbons (Fsp3) is 0.440. The summed E-state index contributed by atoms with van der Waals surface area (Å²) in [4.78, 5) is 271. The third-order valence-corrected chi connectivity index (χ3v) is 20.0. The number of pyridine rings is 1. The van der Waals surface area contributed by atoms with E-state index in [1.165, 1.54) is 107 Å². The molecule has 0 radical (unpaired) electrons. The van der Waals surface area contributed by atoms with Gasteiger partial charge in [-0.1, -0.05) is 6.07 Å². The zero-order valence-corrected chi connectivity index (χ0v) is 69.1. The largest absolute Gasteiger partial charge is 3.00 e. The molecule has 9 heterocycles. The van der Waals surface area contributed by atoms with Crippen molar-refractivity contribution in [1.29, 1.82) is 0 Å². The van der Waals surface area contributed by atoms with Gasteiger partial charge in [0.15, 0.2) is 0 Å². The van der Waals surface area contributed by atoms with Crippen LogP contribution in [0.4, 0.5) is 5.69 Å². The Morgan fingerprint density at radius 1 is 0.435 bits per heavy atom. The predicted octanol–water partition coefficient (Wildman–Crippen LogP) is -11.5. The van der Waals surface area contributed by atoms with Gasteiger partial charge >= 0.3 is 38.6 Å². The summed E-state index contributed by atoms with van der Waals surface area (Å²) in [5.74, 6) is -15.2. The zero-order valence-electron chi connectivity index (χ0n) is 66.9. The van der Waals surface area contributed by atoms with E-state index in [0.29, 0.717) is 22.2 Å². The molecule has 2 fully saturated rings. The maximum atomic E-state index is 15.1. The number of likely N-dealkylation sites (tertiary alicyclic amines) is 1. The zero-order chi connectivity index (χ0) is 88.1. The van der Waals surface area contributed by atoms with Crippen molar-refractivity contribution < 1.29 is 126 Å².